The molecule has 3 aromatic heterocycles. The van der Waals surface area contributed by atoms with Crippen LogP contribution in [-0.4, -0.2) is 48.6 Å². The Morgan fingerprint density at radius 1 is 1.23 bits per heavy atom. The fourth-order valence-corrected chi connectivity index (χ4v) is 2.70. The molecule has 0 aromatic carbocycles. The van der Waals surface area contributed by atoms with Gasteiger partial charge in [0.25, 0.3) is 0 Å². The number of aromatic nitrogens is 6. The lowest BCUT2D eigenvalue weighted by molar-refractivity contribution is -0.143. The summed E-state index contributed by atoms with van der Waals surface area (Å²) in [6, 6.07) is 0. The third-order valence-electron chi connectivity index (χ3n) is 4.08. The van der Waals surface area contributed by atoms with E-state index in [1.54, 1.807) is 6.33 Å². The van der Waals surface area contributed by atoms with Gasteiger partial charge in [-0.1, -0.05) is 5.92 Å². The lowest BCUT2D eigenvalue weighted by Gasteiger charge is -2.17. The second-order valence-electron chi connectivity index (χ2n) is 6.09. The van der Waals surface area contributed by atoms with E-state index in [-0.39, 0.29) is 12.2 Å². The van der Waals surface area contributed by atoms with Gasteiger partial charge in [-0.2, -0.15) is 14.5 Å². The molecular formula is C17H21N7O2. The molecule has 0 spiro atoms. The van der Waals surface area contributed by atoms with Gasteiger partial charge in [-0.25, -0.2) is 4.98 Å². The van der Waals surface area contributed by atoms with E-state index in [1.807, 2.05) is 18.4 Å². The van der Waals surface area contributed by atoms with Crippen molar-refractivity contribution < 1.29 is 9.47 Å². The maximum Gasteiger partial charge on any atom is 0.226 e. The number of anilines is 1. The number of imidazole rings is 1. The second kappa shape index (κ2) is 6.90. The highest BCUT2D eigenvalue weighted by Gasteiger charge is 2.19. The Hall–Kier alpha value is -2.70. The van der Waals surface area contributed by atoms with Crippen molar-refractivity contribution >= 4 is 22.8 Å². The van der Waals surface area contributed by atoms with Crippen LogP contribution in [0, 0.1) is 17.8 Å². The summed E-state index contributed by atoms with van der Waals surface area (Å²) in [6.07, 6.45) is 3.62. The van der Waals surface area contributed by atoms with Crippen molar-refractivity contribution in [2.75, 3.05) is 18.9 Å². The highest BCUT2D eigenvalue weighted by molar-refractivity contribution is 5.86. The van der Waals surface area contributed by atoms with E-state index in [0.717, 1.165) is 12.8 Å². The van der Waals surface area contributed by atoms with Gasteiger partial charge in [0, 0.05) is 19.1 Å². The van der Waals surface area contributed by atoms with Crippen LogP contribution in [-0.2, 0) is 16.0 Å². The molecule has 9 nitrogen and oxygen atoms in total. The molecule has 0 radical (unpaired) electrons. The van der Waals surface area contributed by atoms with E-state index in [4.69, 9.17) is 15.2 Å². The second-order valence-corrected chi connectivity index (χ2v) is 6.09. The standard InChI is InChI=1S/C17H21N7O2/c1-3-25-13(26-4-2)9-23-10-19-14-15(23)21-17(18)24-16(14)20-12(22-24)8-7-11-5-6-11/h10-11,13H,3-6,9H2,1-2H3,(H2,18,21). The van der Waals surface area contributed by atoms with Crippen LogP contribution in [0.3, 0.4) is 0 Å². The summed E-state index contributed by atoms with van der Waals surface area (Å²) in [6.45, 7) is 5.44. The van der Waals surface area contributed by atoms with Crippen molar-refractivity contribution in [3.8, 4) is 11.8 Å². The maximum atomic E-state index is 6.08. The molecule has 0 saturated heterocycles. The van der Waals surface area contributed by atoms with Crippen LogP contribution < -0.4 is 5.73 Å². The summed E-state index contributed by atoms with van der Waals surface area (Å²) in [7, 11) is 0. The van der Waals surface area contributed by atoms with Crippen LogP contribution >= 0.6 is 0 Å². The van der Waals surface area contributed by atoms with Crippen molar-refractivity contribution in [1.29, 1.82) is 0 Å². The Bertz CT molecular complexity index is 987. The van der Waals surface area contributed by atoms with Gasteiger partial charge < -0.3 is 19.8 Å². The lowest BCUT2D eigenvalue weighted by Crippen LogP contribution is -2.23. The van der Waals surface area contributed by atoms with Crippen LogP contribution in [0.15, 0.2) is 6.33 Å². The zero-order valence-electron chi connectivity index (χ0n) is 14.8. The van der Waals surface area contributed by atoms with Crippen LogP contribution in [0.1, 0.15) is 32.5 Å². The highest BCUT2D eigenvalue weighted by atomic mass is 16.7. The van der Waals surface area contributed by atoms with E-state index in [2.05, 4.69) is 31.9 Å². The summed E-state index contributed by atoms with van der Waals surface area (Å²) >= 11 is 0. The third-order valence-corrected chi connectivity index (χ3v) is 4.08. The smallest absolute Gasteiger partial charge is 0.226 e. The van der Waals surface area contributed by atoms with Crippen molar-refractivity contribution in [2.45, 2.75) is 39.5 Å². The predicted molar refractivity (Wildman–Crippen MR) is 95.1 cm³/mol. The van der Waals surface area contributed by atoms with Gasteiger partial charge in [-0.05, 0) is 32.6 Å². The Labute approximate surface area is 150 Å². The van der Waals surface area contributed by atoms with Gasteiger partial charge in [-0.15, -0.1) is 5.10 Å². The maximum absolute atomic E-state index is 6.08. The van der Waals surface area contributed by atoms with Crippen molar-refractivity contribution in [1.82, 2.24) is 29.1 Å². The number of rotatable bonds is 6. The Morgan fingerprint density at radius 3 is 2.69 bits per heavy atom. The van der Waals surface area contributed by atoms with Gasteiger partial charge in [-0.3, -0.25) is 0 Å². The summed E-state index contributed by atoms with van der Waals surface area (Å²) in [4.78, 5) is 13.4. The van der Waals surface area contributed by atoms with Gasteiger partial charge in [0.05, 0.1) is 12.9 Å². The number of ether oxygens (including phenoxy) is 2. The molecule has 3 heterocycles. The molecule has 1 aliphatic carbocycles. The van der Waals surface area contributed by atoms with Crippen LogP contribution in [0.4, 0.5) is 5.95 Å². The van der Waals surface area contributed by atoms with Crippen LogP contribution in [0.5, 0.6) is 0 Å². The van der Waals surface area contributed by atoms with E-state index in [1.165, 1.54) is 4.52 Å². The molecule has 1 aliphatic rings. The quantitative estimate of drug-likeness (QED) is 0.523. The van der Waals surface area contributed by atoms with Crippen LogP contribution in [0.25, 0.3) is 16.8 Å². The summed E-state index contributed by atoms with van der Waals surface area (Å²) in [5, 5.41) is 4.34. The Morgan fingerprint density at radius 2 is 2.00 bits per heavy atom. The average Bonchev–Trinajstić information content (AvgIpc) is 3.22. The van der Waals surface area contributed by atoms with E-state index < -0.39 is 0 Å². The lowest BCUT2D eigenvalue weighted by atomic mass is 10.4. The molecule has 0 aliphatic heterocycles. The van der Waals surface area contributed by atoms with Gasteiger partial charge in [0.2, 0.25) is 11.8 Å². The number of nitrogens with zero attached hydrogens (tertiary/aromatic N) is 6. The topological polar surface area (TPSA) is 105 Å². The van der Waals surface area contributed by atoms with Gasteiger partial charge in [0.15, 0.2) is 23.1 Å². The fourth-order valence-electron chi connectivity index (χ4n) is 2.70. The van der Waals surface area contributed by atoms with Gasteiger partial charge >= 0.3 is 0 Å². The van der Waals surface area contributed by atoms with E-state index in [0.29, 0.717) is 48.3 Å². The molecule has 0 amide bonds. The molecule has 4 rings (SSSR count). The molecule has 26 heavy (non-hydrogen) atoms. The Kier molecular flexibility index (Phi) is 4.44. The predicted octanol–water partition coefficient (Wildman–Crippen LogP) is 1.22. The molecule has 9 heteroatoms. The first-order chi connectivity index (χ1) is 12.7. The zero-order chi connectivity index (χ0) is 18.1. The Balaban J connectivity index is 1.72. The highest BCUT2D eigenvalue weighted by Crippen LogP contribution is 2.27. The SMILES string of the molecule is CCOC(Cn1cnc2c1nc(N)n1nc(C#CC3CC3)nc21)OCC. The first-order valence-electron chi connectivity index (χ1n) is 8.81. The number of hydrogen-bond acceptors (Lipinski definition) is 7. The molecule has 0 atom stereocenters. The molecular weight excluding hydrogens is 334 g/mol. The average molecular weight is 355 g/mol. The molecule has 1 saturated carbocycles. The monoisotopic (exact) mass is 355 g/mol. The number of hydrogen-bond donors (Lipinski definition) is 1. The largest absolute Gasteiger partial charge is 0.368 e. The molecule has 2 N–H and O–H groups in total. The van der Waals surface area contributed by atoms with E-state index >= 15 is 0 Å². The molecule has 1 fully saturated rings. The fraction of sp³-hybridized carbons (Fsp3) is 0.529. The number of fused-ring (bicyclic) bond motifs is 3. The summed E-state index contributed by atoms with van der Waals surface area (Å²) in [5.74, 6) is 7.32. The first-order valence-corrected chi connectivity index (χ1v) is 8.81. The molecule has 0 unspecified atom stereocenters. The minimum atomic E-state index is -0.375. The minimum Gasteiger partial charge on any atom is -0.368 e. The minimum absolute atomic E-state index is 0.241. The number of nitrogens with two attached hydrogens (primary N) is 1. The zero-order valence-corrected chi connectivity index (χ0v) is 14.8. The third kappa shape index (κ3) is 3.21. The molecule has 3 aromatic rings. The van der Waals surface area contributed by atoms with Crippen molar-refractivity contribution in [3.05, 3.63) is 12.2 Å². The van der Waals surface area contributed by atoms with Crippen molar-refractivity contribution in [3.63, 3.8) is 0 Å². The first kappa shape index (κ1) is 16.8. The molecule has 136 valence electrons. The van der Waals surface area contributed by atoms with E-state index in [9.17, 15) is 0 Å². The van der Waals surface area contributed by atoms with Crippen LogP contribution in [0.2, 0.25) is 0 Å². The number of nitrogen functional groups attached to an aromatic ring is 1. The van der Waals surface area contributed by atoms with Gasteiger partial charge in [0.1, 0.15) is 0 Å². The normalized spacial score (nSPS) is 14.3. The summed E-state index contributed by atoms with van der Waals surface area (Å²) < 4.78 is 14.5. The summed E-state index contributed by atoms with van der Waals surface area (Å²) in [5.41, 5.74) is 7.87. The van der Waals surface area contributed by atoms with Crippen molar-refractivity contribution in [2.24, 2.45) is 5.92 Å². The molecule has 0 bridgehead atoms.